The summed E-state index contributed by atoms with van der Waals surface area (Å²) in [4.78, 5) is 7.25. The minimum absolute atomic E-state index is 0.0166. The maximum absolute atomic E-state index is 6.55. The van der Waals surface area contributed by atoms with E-state index in [0.29, 0.717) is 5.02 Å². The molecule has 0 spiro atoms. The van der Waals surface area contributed by atoms with E-state index in [4.69, 9.17) is 20.4 Å². The molecule has 4 aliphatic rings. The summed E-state index contributed by atoms with van der Waals surface area (Å²) in [7, 11) is 0. The summed E-state index contributed by atoms with van der Waals surface area (Å²) in [5, 5.41) is 14.1. The molecule has 4 aromatic heterocycles. The Morgan fingerprint density at radius 1 is 0.240 bits per heavy atom. The number of furan rings is 2. The molecule has 18 aromatic carbocycles. The average molecular weight is 1720 g/mol. The van der Waals surface area contributed by atoms with Crippen LogP contribution in [0.4, 0.5) is 62.6 Å². The van der Waals surface area contributed by atoms with Gasteiger partial charge in [0.05, 0.1) is 27.8 Å². The van der Waals surface area contributed by atoms with Crippen molar-refractivity contribution in [3.05, 3.63) is 438 Å². The van der Waals surface area contributed by atoms with Gasteiger partial charge in [0, 0.05) is 123 Å². The molecule has 0 amide bonds. The van der Waals surface area contributed by atoms with Crippen molar-refractivity contribution < 1.29 is 8.83 Å². The first-order valence-corrected chi connectivity index (χ1v) is 46.5. The predicted molar refractivity (Wildman–Crippen MR) is 549 cm³/mol. The van der Waals surface area contributed by atoms with E-state index >= 15 is 0 Å². The Hall–Kier alpha value is -14.5. The van der Waals surface area contributed by atoms with Crippen LogP contribution in [-0.2, 0) is 21.7 Å². The molecule has 26 rings (SSSR count). The lowest BCUT2D eigenvalue weighted by Gasteiger charge is -2.33. The fraction of sp³-hybridized carbons (Fsp3) is 0.100. The number of nitrogens with one attached hydrogen (secondary N) is 1. The second kappa shape index (κ2) is 29.8. The summed E-state index contributed by atoms with van der Waals surface area (Å²) in [5.41, 5.74) is 36.6. The largest absolute Gasteiger partial charge is 0.456 e. The van der Waals surface area contributed by atoms with Gasteiger partial charge in [0.1, 0.15) is 22.3 Å². The Labute approximate surface area is 763 Å². The molecule has 6 nitrogen and oxygen atoms in total. The normalized spacial score (nSPS) is 14.0. The SMILES string of the molecule is CC1(C)c2ccccc2-c2cc(N(c3cccc(Cl)c3)c3cccc4oc5ccccc5c34)ccc21.CC1(C)c2ccccc2-c2cc(N(c3cccc(N(c4ccc5c(c4)sc4ccccc45)c4cccc5c4C(C)(C)c4ccccc4-5)c3)c3cccc4oc5ccccc5c34)ccc21.CC1(C)c2ccccc2-c2cccc(Nc3ccc4c(c3)sc3ccccc34)c21. The number of nitrogens with zero attached hydrogens (tertiary/aromatic N) is 3. The number of hydrogen-bond acceptors (Lipinski definition) is 8. The first kappa shape index (κ1) is 78.0. The molecule has 0 radical (unpaired) electrons. The summed E-state index contributed by atoms with van der Waals surface area (Å²) in [5.74, 6) is 0. The van der Waals surface area contributed by atoms with Gasteiger partial charge in [-0.2, -0.15) is 0 Å². The number of para-hydroxylation sites is 2. The highest BCUT2D eigenvalue weighted by Gasteiger charge is 2.42. The number of fused-ring (bicyclic) bond motifs is 24. The van der Waals surface area contributed by atoms with Crippen LogP contribution in [0.3, 0.4) is 0 Å². The van der Waals surface area contributed by atoms with Crippen LogP contribution < -0.4 is 20.0 Å². The minimum Gasteiger partial charge on any atom is -0.456 e. The van der Waals surface area contributed by atoms with Crippen LogP contribution in [0.15, 0.2) is 397 Å². The first-order chi connectivity index (χ1) is 62.9. The number of anilines is 11. The van der Waals surface area contributed by atoms with Gasteiger partial charge < -0.3 is 28.9 Å². The van der Waals surface area contributed by atoms with Crippen molar-refractivity contribution in [2.75, 3.05) is 20.0 Å². The fourth-order valence-corrected chi connectivity index (χ4v) is 24.5. The maximum atomic E-state index is 6.55. The van der Waals surface area contributed by atoms with E-state index in [1.807, 2.05) is 59.1 Å². The second-order valence-electron chi connectivity index (χ2n) is 36.8. The average Bonchev–Trinajstić information content (AvgIpc) is 1.57. The van der Waals surface area contributed by atoms with E-state index in [1.54, 1.807) is 0 Å². The van der Waals surface area contributed by atoms with E-state index < -0.39 is 0 Å². The Balaban J connectivity index is 0.000000119. The van der Waals surface area contributed by atoms with Crippen LogP contribution in [0.25, 0.3) is 129 Å². The molecule has 0 aliphatic heterocycles. The lowest BCUT2D eigenvalue weighted by molar-refractivity contribution is 0.660. The molecule has 129 heavy (non-hydrogen) atoms. The van der Waals surface area contributed by atoms with Gasteiger partial charge in [-0.1, -0.05) is 310 Å². The van der Waals surface area contributed by atoms with Crippen molar-refractivity contribution in [1.29, 1.82) is 0 Å². The van der Waals surface area contributed by atoms with Gasteiger partial charge in [-0.3, -0.25) is 0 Å². The number of halogens is 1. The smallest absolute Gasteiger partial charge is 0.137 e. The van der Waals surface area contributed by atoms with Crippen LogP contribution in [0.2, 0.25) is 5.02 Å². The van der Waals surface area contributed by atoms with E-state index in [0.717, 1.165) is 95.1 Å². The minimum atomic E-state index is -0.224. The summed E-state index contributed by atoms with van der Waals surface area (Å²) in [6, 6.07) is 141. The van der Waals surface area contributed by atoms with Crippen molar-refractivity contribution in [2.45, 2.75) is 77.0 Å². The predicted octanol–water partition coefficient (Wildman–Crippen LogP) is 35.6. The first-order valence-electron chi connectivity index (χ1n) is 44.5. The quantitative estimate of drug-likeness (QED) is 0.139. The summed E-state index contributed by atoms with van der Waals surface area (Å²) in [6.45, 7) is 18.8. The van der Waals surface area contributed by atoms with Gasteiger partial charge in [-0.05, 0) is 235 Å². The molecular weight excluding hydrogens is 1630 g/mol. The number of benzene rings is 18. The van der Waals surface area contributed by atoms with Gasteiger partial charge in [0.25, 0.3) is 0 Å². The summed E-state index contributed by atoms with van der Waals surface area (Å²) >= 11 is 10.2. The lowest BCUT2D eigenvalue weighted by atomic mass is 9.81. The molecule has 0 saturated heterocycles. The van der Waals surface area contributed by atoms with Crippen molar-refractivity contribution in [2.24, 2.45) is 0 Å². The zero-order valence-corrected chi connectivity index (χ0v) is 75.2. The molecular formula is C120H89ClN4O2S2. The van der Waals surface area contributed by atoms with Crippen LogP contribution in [-0.4, -0.2) is 0 Å². The Kier molecular flexibility index (Phi) is 18.0. The maximum Gasteiger partial charge on any atom is 0.137 e. The van der Waals surface area contributed by atoms with Crippen LogP contribution in [0.5, 0.6) is 0 Å². The van der Waals surface area contributed by atoms with Gasteiger partial charge in [-0.15, -0.1) is 22.7 Å². The van der Waals surface area contributed by atoms with Crippen molar-refractivity contribution >= 4 is 181 Å². The third-order valence-corrected chi connectivity index (χ3v) is 30.5. The van der Waals surface area contributed by atoms with Gasteiger partial charge in [-0.25, -0.2) is 0 Å². The van der Waals surface area contributed by atoms with E-state index in [1.165, 1.54) is 141 Å². The Morgan fingerprint density at radius 3 is 1.12 bits per heavy atom. The standard InChI is InChI=1S/C60H44N2OS.C33H24ClNO.C27H21NS/c1-59(2)48-23-9-6-19-42(48)47-35-39(31-33-50(47)59)61(51-25-15-28-54-57(51)46-21-7-11-27-53(46)63-54)37-16-13-17-38(34-37)62(40-30-32-44-43-20-8-12-29-55(43)64-56(44)36-40)52-26-14-22-45-41-18-5-10-24-49(41)60(3,4)58(45)52;1-33(2)27-13-5-3-11-24(27)26-20-23(17-18-28(26)33)35(22-10-7-9-21(34)19-22)29-14-8-16-31-32(29)25-12-4-6-15-30(25)36-31;1-27(2)22-11-5-3-8-18(22)21-10-7-12-23(26(21)27)28-17-14-15-20-19-9-4-6-13-24(19)29-25(20)16-17/h5-36H,1-4H3;3-20H,1-2H3;3-16,28H,1-2H3. The highest BCUT2D eigenvalue weighted by molar-refractivity contribution is 7.26. The zero-order chi connectivity index (χ0) is 86.9. The fourth-order valence-electron chi connectivity index (χ4n) is 22.0. The number of rotatable bonds is 11. The third-order valence-electron chi connectivity index (χ3n) is 28.0. The number of thiophene rings is 2. The van der Waals surface area contributed by atoms with Crippen LogP contribution >= 0.6 is 34.3 Å². The zero-order valence-electron chi connectivity index (χ0n) is 72.8. The number of hydrogen-bond donors (Lipinski definition) is 1. The molecule has 0 fully saturated rings. The lowest BCUT2D eigenvalue weighted by Crippen LogP contribution is -2.21. The molecule has 4 aliphatic carbocycles. The topological polar surface area (TPSA) is 48.0 Å². The molecule has 1 N–H and O–H groups in total. The van der Waals surface area contributed by atoms with Crippen LogP contribution in [0, 0.1) is 0 Å². The Bertz CT molecular complexity index is 8380. The Morgan fingerprint density at radius 2 is 0.589 bits per heavy atom. The molecule has 0 atom stereocenters. The molecule has 0 unspecified atom stereocenters. The summed E-state index contributed by atoms with van der Waals surface area (Å²) < 4.78 is 18.0. The molecule has 620 valence electrons. The van der Waals surface area contributed by atoms with E-state index in [-0.39, 0.29) is 21.7 Å². The molecule has 0 bridgehead atoms. The van der Waals surface area contributed by atoms with Gasteiger partial charge in [0.15, 0.2) is 0 Å². The molecule has 9 heteroatoms. The third kappa shape index (κ3) is 12.4. The van der Waals surface area contributed by atoms with Crippen molar-refractivity contribution in [1.82, 2.24) is 0 Å². The van der Waals surface area contributed by atoms with Crippen molar-refractivity contribution in [3.63, 3.8) is 0 Å². The van der Waals surface area contributed by atoms with E-state index in [9.17, 15) is 0 Å². The monoisotopic (exact) mass is 1720 g/mol. The van der Waals surface area contributed by atoms with Gasteiger partial charge in [0.2, 0.25) is 0 Å². The van der Waals surface area contributed by atoms with Crippen LogP contribution in [0.1, 0.15) is 99.9 Å². The molecule has 0 saturated carbocycles. The highest BCUT2D eigenvalue weighted by atomic mass is 35.5. The van der Waals surface area contributed by atoms with Gasteiger partial charge >= 0.3 is 0 Å². The van der Waals surface area contributed by atoms with E-state index in [2.05, 4.69) is 427 Å². The highest BCUT2D eigenvalue weighted by Crippen LogP contribution is 2.59. The summed E-state index contributed by atoms with van der Waals surface area (Å²) in [6.07, 6.45) is 0. The van der Waals surface area contributed by atoms with Crippen molar-refractivity contribution in [3.8, 4) is 44.5 Å². The molecule has 22 aromatic rings. The molecule has 4 heterocycles. The second-order valence-corrected chi connectivity index (χ2v) is 39.4.